The fourth-order valence-corrected chi connectivity index (χ4v) is 4.80. The summed E-state index contributed by atoms with van der Waals surface area (Å²) < 4.78 is 27.9. The van der Waals surface area contributed by atoms with Crippen molar-refractivity contribution in [1.29, 1.82) is 0 Å². The van der Waals surface area contributed by atoms with Crippen LogP contribution in [0.15, 0.2) is 59.5 Å². The zero-order valence-electron chi connectivity index (χ0n) is 16.9. The molecule has 0 unspecified atom stereocenters. The topological polar surface area (TPSA) is 86.3 Å². The third-order valence-electron chi connectivity index (χ3n) is 4.85. The Morgan fingerprint density at radius 3 is 2.10 bits per heavy atom. The average molecular weight is 446 g/mol. The van der Waals surface area contributed by atoms with Crippen LogP contribution in [0.3, 0.4) is 0 Å². The number of nitrogens with one attached hydrogen (secondary N) is 1. The molecule has 5 nitrogen and oxygen atoms in total. The van der Waals surface area contributed by atoms with Crippen molar-refractivity contribution in [1.82, 2.24) is 4.72 Å². The molecular formula is C21H25ClNNaO4S. The third-order valence-corrected chi connectivity index (χ3v) is 6.52. The Balaban J connectivity index is 0.000000771. The second kappa shape index (κ2) is 12.1. The fraction of sp³-hybridized carbons (Fsp3) is 0.381. The van der Waals surface area contributed by atoms with Gasteiger partial charge in [-0.25, -0.2) is 13.1 Å². The summed E-state index contributed by atoms with van der Waals surface area (Å²) in [5.74, 6) is -1.08. The van der Waals surface area contributed by atoms with Crippen LogP contribution >= 0.6 is 11.6 Å². The minimum Gasteiger partial charge on any atom is -0.550 e. The molecule has 2 aromatic carbocycles. The number of aliphatic carboxylic acids is 1. The van der Waals surface area contributed by atoms with E-state index >= 15 is 0 Å². The third kappa shape index (κ3) is 8.79. The molecule has 0 aromatic heterocycles. The average Bonchev–Trinajstić information content (AvgIpc) is 3.10. The summed E-state index contributed by atoms with van der Waals surface area (Å²) >= 11 is 5.84. The quantitative estimate of drug-likeness (QED) is 0.643. The van der Waals surface area contributed by atoms with E-state index in [1.54, 1.807) is 24.3 Å². The van der Waals surface area contributed by atoms with E-state index in [9.17, 15) is 8.42 Å². The molecule has 0 aliphatic heterocycles. The van der Waals surface area contributed by atoms with Crippen LogP contribution in [0.5, 0.6) is 0 Å². The van der Waals surface area contributed by atoms with Crippen molar-refractivity contribution >= 4 is 27.6 Å². The molecule has 1 aliphatic rings. The van der Waals surface area contributed by atoms with Crippen LogP contribution in [-0.4, -0.2) is 20.9 Å². The number of halogens is 1. The fourth-order valence-electron chi connectivity index (χ4n) is 3.52. The smallest absolute Gasteiger partial charge is 0.550 e. The van der Waals surface area contributed by atoms with Crippen molar-refractivity contribution in [2.75, 3.05) is 6.54 Å². The van der Waals surface area contributed by atoms with E-state index in [1.807, 2.05) is 18.2 Å². The zero-order chi connectivity index (χ0) is 20.6. The number of carboxylic acids is 1. The number of carboxylic acid groups (broad SMARTS) is 1. The minimum atomic E-state index is -3.50. The first-order chi connectivity index (χ1) is 13.2. The van der Waals surface area contributed by atoms with E-state index in [1.165, 1.54) is 5.56 Å². The van der Waals surface area contributed by atoms with E-state index in [4.69, 9.17) is 21.5 Å². The standard InChI is InChI=1S/C19H22ClNO2S.C2H4O2.Na/c20-17-8-10-18(11-9-17)24(22,23)21-15-19(12-4-5-13-19)14-16-6-2-1-3-7-16;1-2(3)4;/h1-3,6-11,21H,4-5,12-15H2;1H3,(H,3,4);/q;;+1/p-1. The summed E-state index contributed by atoms with van der Waals surface area (Å²) in [4.78, 5) is 9.15. The van der Waals surface area contributed by atoms with Gasteiger partial charge in [0.1, 0.15) is 0 Å². The van der Waals surface area contributed by atoms with Gasteiger partial charge in [0, 0.05) is 17.5 Å². The molecule has 1 N–H and O–H groups in total. The van der Waals surface area contributed by atoms with Gasteiger partial charge in [0.25, 0.3) is 0 Å². The summed E-state index contributed by atoms with van der Waals surface area (Å²) in [5.41, 5.74) is 1.28. The Morgan fingerprint density at radius 2 is 1.59 bits per heavy atom. The van der Waals surface area contributed by atoms with Gasteiger partial charge in [0.15, 0.2) is 0 Å². The first-order valence-corrected chi connectivity index (χ1v) is 11.1. The first kappa shape index (κ1) is 26.1. The van der Waals surface area contributed by atoms with Gasteiger partial charge in [-0.05, 0) is 61.4 Å². The summed E-state index contributed by atoms with van der Waals surface area (Å²) in [6.45, 7) is 1.45. The maximum Gasteiger partial charge on any atom is 1.00 e. The van der Waals surface area contributed by atoms with Gasteiger partial charge in [0.05, 0.1) is 4.90 Å². The molecule has 1 aliphatic carbocycles. The Kier molecular flexibility index (Phi) is 10.9. The van der Waals surface area contributed by atoms with Crippen molar-refractivity contribution in [3.63, 3.8) is 0 Å². The predicted octanol–water partition coefficient (Wildman–Crippen LogP) is 0.182. The number of hydrogen-bond acceptors (Lipinski definition) is 4. The molecule has 0 amide bonds. The van der Waals surface area contributed by atoms with Crippen molar-refractivity contribution in [3.8, 4) is 0 Å². The maximum absolute atomic E-state index is 12.5. The molecule has 0 atom stereocenters. The number of benzene rings is 2. The number of carbonyl (C=O) groups is 1. The molecule has 1 saturated carbocycles. The summed E-state index contributed by atoms with van der Waals surface area (Å²) in [6, 6.07) is 16.6. The van der Waals surface area contributed by atoms with Crippen LogP contribution < -0.4 is 39.4 Å². The maximum atomic E-state index is 12.5. The van der Waals surface area contributed by atoms with Crippen molar-refractivity contribution in [2.45, 2.75) is 43.9 Å². The van der Waals surface area contributed by atoms with Gasteiger partial charge >= 0.3 is 29.6 Å². The van der Waals surface area contributed by atoms with E-state index in [2.05, 4.69) is 16.9 Å². The van der Waals surface area contributed by atoms with Crippen LogP contribution in [0.4, 0.5) is 0 Å². The van der Waals surface area contributed by atoms with Crippen LogP contribution in [0.2, 0.25) is 5.02 Å². The van der Waals surface area contributed by atoms with Crippen LogP contribution in [0.1, 0.15) is 38.2 Å². The monoisotopic (exact) mass is 445 g/mol. The SMILES string of the molecule is CC(=O)[O-].O=S(=O)(NCC1(Cc2ccccc2)CCCC1)c1ccc(Cl)cc1.[Na+]. The number of hydrogen-bond donors (Lipinski definition) is 1. The Bertz CT molecular complexity index is 863. The summed E-state index contributed by atoms with van der Waals surface area (Å²) in [7, 11) is -3.50. The number of sulfonamides is 1. The van der Waals surface area contributed by atoms with Crippen molar-refractivity contribution < 1.29 is 47.9 Å². The first-order valence-electron chi connectivity index (χ1n) is 9.19. The number of rotatable bonds is 6. The molecule has 2 aromatic rings. The molecule has 1 fully saturated rings. The molecule has 152 valence electrons. The molecule has 0 saturated heterocycles. The second-order valence-electron chi connectivity index (χ2n) is 7.14. The van der Waals surface area contributed by atoms with Gasteiger partial charge in [-0.1, -0.05) is 54.8 Å². The molecule has 0 radical (unpaired) electrons. The van der Waals surface area contributed by atoms with Gasteiger partial charge in [-0.15, -0.1) is 0 Å². The second-order valence-corrected chi connectivity index (χ2v) is 9.34. The normalized spacial score (nSPS) is 15.0. The minimum absolute atomic E-state index is 0. The van der Waals surface area contributed by atoms with Gasteiger partial charge < -0.3 is 9.90 Å². The predicted molar refractivity (Wildman–Crippen MR) is 108 cm³/mol. The van der Waals surface area contributed by atoms with E-state index in [0.717, 1.165) is 39.0 Å². The Hall–Kier alpha value is -0.890. The van der Waals surface area contributed by atoms with E-state index in [0.29, 0.717) is 11.6 Å². The van der Waals surface area contributed by atoms with Crippen molar-refractivity contribution in [2.24, 2.45) is 5.41 Å². The molecule has 3 rings (SSSR count). The number of carbonyl (C=O) groups excluding carboxylic acids is 1. The molecule has 29 heavy (non-hydrogen) atoms. The molecule has 8 heteroatoms. The van der Waals surface area contributed by atoms with Crippen LogP contribution in [0.25, 0.3) is 0 Å². The van der Waals surface area contributed by atoms with Crippen LogP contribution in [0, 0.1) is 5.41 Å². The zero-order valence-corrected chi connectivity index (χ0v) is 20.4. The van der Waals surface area contributed by atoms with Crippen LogP contribution in [-0.2, 0) is 21.2 Å². The molecule has 0 spiro atoms. The van der Waals surface area contributed by atoms with Gasteiger partial charge in [-0.3, -0.25) is 0 Å². The van der Waals surface area contributed by atoms with E-state index in [-0.39, 0.29) is 39.9 Å². The molecular weight excluding hydrogens is 421 g/mol. The summed E-state index contributed by atoms with van der Waals surface area (Å²) in [6.07, 6.45) is 5.36. The Morgan fingerprint density at radius 1 is 1.07 bits per heavy atom. The molecule has 0 bridgehead atoms. The summed E-state index contributed by atoms with van der Waals surface area (Å²) in [5, 5.41) is 9.42. The largest absolute Gasteiger partial charge is 1.00 e. The van der Waals surface area contributed by atoms with Gasteiger partial charge in [0.2, 0.25) is 10.0 Å². The van der Waals surface area contributed by atoms with Gasteiger partial charge in [-0.2, -0.15) is 0 Å². The Labute approximate surface area is 200 Å². The molecule has 0 heterocycles. The van der Waals surface area contributed by atoms with Crippen molar-refractivity contribution in [3.05, 3.63) is 65.2 Å². The van der Waals surface area contributed by atoms with E-state index < -0.39 is 16.0 Å².